The topological polar surface area (TPSA) is 99.8 Å². The van der Waals surface area contributed by atoms with Crippen molar-refractivity contribution in [1.82, 2.24) is 9.88 Å². The molecule has 1 aliphatic heterocycles. The molecule has 1 N–H and O–H groups in total. The van der Waals surface area contributed by atoms with Gasteiger partial charge < -0.3 is 10.0 Å². The highest BCUT2D eigenvalue weighted by Crippen LogP contribution is 2.28. The van der Waals surface area contributed by atoms with Gasteiger partial charge in [0.25, 0.3) is 5.69 Å². The molecule has 0 bridgehead atoms. The predicted octanol–water partition coefficient (Wildman–Crippen LogP) is 1.35. The van der Waals surface area contributed by atoms with Gasteiger partial charge >= 0.3 is 5.97 Å². The number of nitrogens with zero attached hydrogens (tertiary/aromatic N) is 4. The standard InChI is InChI=1S/C12H15BrN4O4/c1-8(12(18)19)15-2-4-16(5-3-15)11-10(13)6-9(7-14-11)17(20)21/h6-8H,2-5H2,1H3,(H,18,19). The fraction of sp³-hybridized carbons (Fsp3) is 0.500. The van der Waals surface area contributed by atoms with E-state index >= 15 is 0 Å². The summed E-state index contributed by atoms with van der Waals surface area (Å²) in [5.74, 6) is -0.193. The van der Waals surface area contributed by atoms with E-state index in [1.54, 1.807) is 6.92 Å². The monoisotopic (exact) mass is 358 g/mol. The molecule has 21 heavy (non-hydrogen) atoms. The summed E-state index contributed by atoms with van der Waals surface area (Å²) in [6, 6.07) is 0.912. The Morgan fingerprint density at radius 1 is 1.48 bits per heavy atom. The van der Waals surface area contributed by atoms with Crippen LogP contribution in [-0.4, -0.2) is 58.1 Å². The Hall–Kier alpha value is -1.74. The SMILES string of the molecule is CC(C(=O)O)N1CCN(c2ncc([N+](=O)[O-])cc2Br)CC1. The smallest absolute Gasteiger partial charge is 0.320 e. The average Bonchev–Trinajstić information content (AvgIpc) is 2.46. The number of hydrogen-bond acceptors (Lipinski definition) is 6. The Labute approximate surface area is 129 Å². The number of aliphatic carboxylic acids is 1. The molecule has 114 valence electrons. The number of pyridine rings is 1. The molecule has 2 rings (SSSR count). The highest BCUT2D eigenvalue weighted by atomic mass is 79.9. The largest absolute Gasteiger partial charge is 0.480 e. The number of halogens is 1. The second-order valence-corrected chi connectivity index (χ2v) is 5.65. The van der Waals surface area contributed by atoms with Crippen molar-refractivity contribution >= 4 is 33.4 Å². The zero-order valence-electron chi connectivity index (χ0n) is 11.4. The number of aromatic nitrogens is 1. The molecule has 0 aromatic carbocycles. The molecule has 9 heteroatoms. The third kappa shape index (κ3) is 3.48. The van der Waals surface area contributed by atoms with E-state index in [0.717, 1.165) is 0 Å². The van der Waals surface area contributed by atoms with Gasteiger partial charge in [0.1, 0.15) is 18.1 Å². The summed E-state index contributed by atoms with van der Waals surface area (Å²) < 4.78 is 0.566. The molecule has 1 saturated heterocycles. The van der Waals surface area contributed by atoms with Crippen molar-refractivity contribution in [2.45, 2.75) is 13.0 Å². The highest BCUT2D eigenvalue weighted by molar-refractivity contribution is 9.10. The molecule has 1 aromatic rings. The van der Waals surface area contributed by atoms with Gasteiger partial charge in [0.2, 0.25) is 0 Å². The number of piperazine rings is 1. The first kappa shape index (κ1) is 15.6. The highest BCUT2D eigenvalue weighted by Gasteiger charge is 2.26. The number of carboxylic acids is 1. The van der Waals surface area contributed by atoms with Crippen LogP contribution in [0.5, 0.6) is 0 Å². The number of rotatable bonds is 4. The van der Waals surface area contributed by atoms with Crippen LogP contribution < -0.4 is 4.90 Å². The number of anilines is 1. The van der Waals surface area contributed by atoms with Crippen molar-refractivity contribution in [3.05, 3.63) is 26.9 Å². The second-order valence-electron chi connectivity index (χ2n) is 4.79. The van der Waals surface area contributed by atoms with Gasteiger partial charge in [-0.1, -0.05) is 0 Å². The van der Waals surface area contributed by atoms with Gasteiger partial charge in [-0.15, -0.1) is 0 Å². The lowest BCUT2D eigenvalue weighted by molar-refractivity contribution is -0.385. The molecule has 1 unspecified atom stereocenters. The molecule has 0 amide bonds. The zero-order chi connectivity index (χ0) is 15.6. The van der Waals surface area contributed by atoms with Crippen molar-refractivity contribution in [3.8, 4) is 0 Å². The molecule has 1 aromatic heterocycles. The fourth-order valence-electron chi connectivity index (χ4n) is 2.23. The van der Waals surface area contributed by atoms with E-state index < -0.39 is 16.9 Å². The molecule has 1 fully saturated rings. The first-order chi connectivity index (χ1) is 9.90. The van der Waals surface area contributed by atoms with Gasteiger partial charge in [0.15, 0.2) is 0 Å². The minimum Gasteiger partial charge on any atom is -0.480 e. The first-order valence-electron chi connectivity index (χ1n) is 6.42. The van der Waals surface area contributed by atoms with Crippen LogP contribution in [0.3, 0.4) is 0 Å². The van der Waals surface area contributed by atoms with Crippen LogP contribution in [0.4, 0.5) is 11.5 Å². The van der Waals surface area contributed by atoms with Gasteiger partial charge in [0.05, 0.1) is 9.40 Å². The lowest BCUT2D eigenvalue weighted by Gasteiger charge is -2.37. The Bertz CT molecular complexity index is 560. The zero-order valence-corrected chi connectivity index (χ0v) is 13.0. The van der Waals surface area contributed by atoms with Crippen LogP contribution in [0.25, 0.3) is 0 Å². The van der Waals surface area contributed by atoms with E-state index in [9.17, 15) is 14.9 Å². The summed E-state index contributed by atoms with van der Waals surface area (Å²) in [5.41, 5.74) is -0.0660. The van der Waals surface area contributed by atoms with E-state index in [4.69, 9.17) is 5.11 Å². The first-order valence-corrected chi connectivity index (χ1v) is 7.21. The summed E-state index contributed by atoms with van der Waals surface area (Å²) in [5, 5.41) is 19.7. The van der Waals surface area contributed by atoms with Gasteiger partial charge in [-0.3, -0.25) is 19.8 Å². The summed E-state index contributed by atoms with van der Waals surface area (Å²) in [7, 11) is 0. The molecular weight excluding hydrogens is 344 g/mol. The maximum absolute atomic E-state index is 11.0. The van der Waals surface area contributed by atoms with Crippen LogP contribution >= 0.6 is 15.9 Å². The van der Waals surface area contributed by atoms with Crippen LogP contribution in [-0.2, 0) is 4.79 Å². The molecule has 2 heterocycles. The molecular formula is C12H15BrN4O4. The van der Waals surface area contributed by atoms with Crippen molar-refractivity contribution in [2.24, 2.45) is 0 Å². The average molecular weight is 359 g/mol. The number of carboxylic acid groups (broad SMARTS) is 1. The molecule has 0 spiro atoms. The lowest BCUT2D eigenvalue weighted by Crippen LogP contribution is -2.52. The van der Waals surface area contributed by atoms with E-state index in [1.165, 1.54) is 12.3 Å². The normalized spacial score (nSPS) is 17.5. The maximum atomic E-state index is 11.0. The van der Waals surface area contributed by atoms with Crippen molar-refractivity contribution in [1.29, 1.82) is 0 Å². The fourth-order valence-corrected chi connectivity index (χ4v) is 2.82. The van der Waals surface area contributed by atoms with E-state index in [0.29, 0.717) is 36.5 Å². The van der Waals surface area contributed by atoms with Crippen LogP contribution in [0, 0.1) is 10.1 Å². The van der Waals surface area contributed by atoms with Gasteiger partial charge in [-0.2, -0.15) is 0 Å². The molecule has 1 atom stereocenters. The maximum Gasteiger partial charge on any atom is 0.320 e. The third-order valence-corrected chi connectivity index (χ3v) is 4.12. The van der Waals surface area contributed by atoms with Crippen molar-refractivity contribution in [3.63, 3.8) is 0 Å². The molecule has 0 saturated carbocycles. The van der Waals surface area contributed by atoms with Gasteiger partial charge in [-0.25, -0.2) is 4.98 Å². The van der Waals surface area contributed by atoms with Crippen molar-refractivity contribution < 1.29 is 14.8 Å². The minimum absolute atomic E-state index is 0.0660. The van der Waals surface area contributed by atoms with E-state index in [2.05, 4.69) is 20.9 Å². The summed E-state index contributed by atoms with van der Waals surface area (Å²) in [6.07, 6.45) is 1.23. The third-order valence-electron chi connectivity index (χ3n) is 3.54. The summed E-state index contributed by atoms with van der Waals surface area (Å²) in [6.45, 7) is 4.14. The van der Waals surface area contributed by atoms with Crippen LogP contribution in [0.1, 0.15) is 6.92 Å². The van der Waals surface area contributed by atoms with E-state index in [1.807, 2.05) is 9.80 Å². The van der Waals surface area contributed by atoms with Crippen LogP contribution in [0.15, 0.2) is 16.7 Å². The number of carbonyl (C=O) groups is 1. The predicted molar refractivity (Wildman–Crippen MR) is 79.5 cm³/mol. The quantitative estimate of drug-likeness (QED) is 0.640. The molecule has 0 aliphatic carbocycles. The Morgan fingerprint density at radius 2 is 2.10 bits per heavy atom. The molecule has 1 aliphatic rings. The number of hydrogen-bond donors (Lipinski definition) is 1. The Morgan fingerprint density at radius 3 is 2.57 bits per heavy atom. The minimum atomic E-state index is -0.835. The Balaban J connectivity index is 2.05. The summed E-state index contributed by atoms with van der Waals surface area (Å²) >= 11 is 3.30. The lowest BCUT2D eigenvalue weighted by atomic mass is 10.2. The van der Waals surface area contributed by atoms with Gasteiger partial charge in [0, 0.05) is 32.2 Å². The van der Waals surface area contributed by atoms with E-state index in [-0.39, 0.29) is 5.69 Å². The van der Waals surface area contributed by atoms with Crippen LogP contribution in [0.2, 0.25) is 0 Å². The summed E-state index contributed by atoms with van der Waals surface area (Å²) in [4.78, 5) is 29.2. The van der Waals surface area contributed by atoms with Gasteiger partial charge in [-0.05, 0) is 22.9 Å². The van der Waals surface area contributed by atoms with Crippen molar-refractivity contribution in [2.75, 3.05) is 31.1 Å². The Kier molecular flexibility index (Phi) is 4.73. The number of nitro groups is 1. The molecule has 8 nitrogen and oxygen atoms in total. The second kappa shape index (κ2) is 6.35. The molecule has 0 radical (unpaired) electrons.